The van der Waals surface area contributed by atoms with Gasteiger partial charge in [-0.15, -0.1) is 0 Å². The minimum atomic E-state index is 0.414. The van der Waals surface area contributed by atoms with Gasteiger partial charge in [-0.05, 0) is 24.7 Å². The van der Waals surface area contributed by atoms with Crippen molar-refractivity contribution in [3.63, 3.8) is 0 Å². The molecule has 13 heavy (non-hydrogen) atoms. The first kappa shape index (κ1) is 7.98. The topological polar surface area (TPSA) is 26.3 Å². The fourth-order valence-electron chi connectivity index (χ4n) is 3.14. The highest BCUT2D eigenvalue weighted by atomic mass is 16.5. The van der Waals surface area contributed by atoms with Gasteiger partial charge in [0.05, 0.1) is 13.2 Å². The van der Waals surface area contributed by atoms with Crippen molar-refractivity contribution in [3.8, 4) is 0 Å². The van der Waals surface area contributed by atoms with Gasteiger partial charge in [0.25, 0.3) is 0 Å². The first-order valence-electron chi connectivity index (χ1n) is 5.49. The van der Waals surface area contributed by atoms with Crippen molar-refractivity contribution in [1.82, 2.24) is 0 Å². The summed E-state index contributed by atoms with van der Waals surface area (Å²) < 4.78 is 5.30. The van der Waals surface area contributed by atoms with Gasteiger partial charge in [-0.25, -0.2) is 0 Å². The third-order valence-corrected chi connectivity index (χ3v) is 4.04. The summed E-state index contributed by atoms with van der Waals surface area (Å²) in [6.45, 7) is 1.71. The molecule has 1 aliphatic heterocycles. The van der Waals surface area contributed by atoms with Crippen LogP contribution in [0.1, 0.15) is 25.7 Å². The van der Waals surface area contributed by atoms with Crippen LogP contribution in [0.4, 0.5) is 0 Å². The van der Waals surface area contributed by atoms with Gasteiger partial charge >= 0.3 is 0 Å². The van der Waals surface area contributed by atoms with Crippen LogP contribution >= 0.6 is 0 Å². The standard InChI is InChI=1S/C11H16O2/c12-11(7-3-1-2-4-7)10-8-5-13-6-9(8)10/h7-10H,1-6H2. The second kappa shape index (κ2) is 2.81. The van der Waals surface area contributed by atoms with E-state index in [-0.39, 0.29) is 0 Å². The maximum absolute atomic E-state index is 12.0. The Bertz CT molecular complexity index is 220. The Morgan fingerprint density at radius 2 is 1.69 bits per heavy atom. The Morgan fingerprint density at radius 3 is 2.31 bits per heavy atom. The van der Waals surface area contributed by atoms with E-state index in [2.05, 4.69) is 0 Å². The van der Waals surface area contributed by atoms with Gasteiger partial charge in [0.1, 0.15) is 5.78 Å². The van der Waals surface area contributed by atoms with E-state index in [9.17, 15) is 4.79 Å². The zero-order chi connectivity index (χ0) is 8.84. The second-order valence-corrected chi connectivity index (χ2v) is 4.77. The van der Waals surface area contributed by atoms with Gasteiger partial charge < -0.3 is 4.74 Å². The molecule has 3 aliphatic rings. The van der Waals surface area contributed by atoms with E-state index in [1.54, 1.807) is 0 Å². The average molecular weight is 180 g/mol. The van der Waals surface area contributed by atoms with Crippen LogP contribution in [0.2, 0.25) is 0 Å². The molecule has 0 N–H and O–H groups in total. The normalized spacial score (nSPS) is 43.5. The molecule has 3 fully saturated rings. The first-order chi connectivity index (χ1) is 6.38. The lowest BCUT2D eigenvalue weighted by Crippen LogP contribution is -2.17. The van der Waals surface area contributed by atoms with Gasteiger partial charge in [-0.3, -0.25) is 4.79 Å². The lowest BCUT2D eigenvalue weighted by atomic mass is 9.97. The van der Waals surface area contributed by atoms with Gasteiger partial charge in [-0.1, -0.05) is 12.8 Å². The number of rotatable bonds is 2. The molecule has 0 aromatic rings. The molecule has 1 saturated heterocycles. The van der Waals surface area contributed by atoms with Crippen LogP contribution in [0, 0.1) is 23.7 Å². The minimum Gasteiger partial charge on any atom is -0.381 e. The molecule has 0 radical (unpaired) electrons. The van der Waals surface area contributed by atoms with E-state index in [1.807, 2.05) is 0 Å². The van der Waals surface area contributed by atoms with E-state index in [0.29, 0.717) is 29.5 Å². The molecule has 0 bridgehead atoms. The van der Waals surface area contributed by atoms with E-state index < -0.39 is 0 Å². The van der Waals surface area contributed by atoms with Crippen LogP contribution in [0.3, 0.4) is 0 Å². The SMILES string of the molecule is O=C(C1CCCC1)C1C2COCC21. The molecular weight excluding hydrogens is 164 g/mol. The lowest BCUT2D eigenvalue weighted by Gasteiger charge is -2.09. The number of Topliss-reactive ketones (excluding diaryl/α,β-unsaturated/α-hetero) is 1. The molecule has 1 heterocycles. The van der Waals surface area contributed by atoms with Crippen molar-refractivity contribution in [2.75, 3.05) is 13.2 Å². The van der Waals surface area contributed by atoms with Gasteiger partial charge in [0.15, 0.2) is 0 Å². The predicted octanol–water partition coefficient (Wildman–Crippen LogP) is 1.64. The van der Waals surface area contributed by atoms with Crippen LogP contribution in [-0.4, -0.2) is 19.0 Å². The fraction of sp³-hybridized carbons (Fsp3) is 0.909. The van der Waals surface area contributed by atoms with Crippen LogP contribution < -0.4 is 0 Å². The largest absolute Gasteiger partial charge is 0.381 e. The molecule has 0 aromatic carbocycles. The average Bonchev–Trinajstić information content (AvgIpc) is 2.68. The highest BCUT2D eigenvalue weighted by molar-refractivity contribution is 5.87. The molecule has 2 nitrogen and oxygen atoms in total. The van der Waals surface area contributed by atoms with Crippen LogP contribution in [0.5, 0.6) is 0 Å². The summed E-state index contributed by atoms with van der Waals surface area (Å²) in [5.74, 6) is 2.66. The summed E-state index contributed by atoms with van der Waals surface area (Å²) in [5.41, 5.74) is 0. The molecular formula is C11H16O2. The number of carbonyl (C=O) groups excluding carboxylic acids is 1. The fourth-order valence-corrected chi connectivity index (χ4v) is 3.14. The number of hydrogen-bond acceptors (Lipinski definition) is 2. The molecule has 0 aromatic heterocycles. The van der Waals surface area contributed by atoms with Gasteiger partial charge in [0.2, 0.25) is 0 Å². The Balaban J connectivity index is 1.63. The van der Waals surface area contributed by atoms with Crippen molar-refractivity contribution in [2.24, 2.45) is 23.7 Å². The molecule has 2 aliphatic carbocycles. The molecule has 3 rings (SSSR count). The highest BCUT2D eigenvalue weighted by Gasteiger charge is 2.58. The number of ketones is 1. The molecule has 2 atom stereocenters. The summed E-state index contributed by atoms with van der Waals surface area (Å²) in [6, 6.07) is 0. The van der Waals surface area contributed by atoms with Crippen LogP contribution in [-0.2, 0) is 9.53 Å². The molecule has 2 saturated carbocycles. The smallest absolute Gasteiger partial charge is 0.139 e. The highest BCUT2D eigenvalue weighted by Crippen LogP contribution is 2.53. The zero-order valence-electron chi connectivity index (χ0n) is 7.87. The summed E-state index contributed by atoms with van der Waals surface area (Å²) in [7, 11) is 0. The van der Waals surface area contributed by atoms with Gasteiger partial charge in [-0.2, -0.15) is 0 Å². The molecule has 2 heteroatoms. The zero-order valence-corrected chi connectivity index (χ0v) is 7.87. The molecule has 72 valence electrons. The number of ether oxygens (including phenoxy) is 1. The third kappa shape index (κ3) is 1.15. The monoisotopic (exact) mass is 180 g/mol. The second-order valence-electron chi connectivity index (χ2n) is 4.77. The summed E-state index contributed by atoms with van der Waals surface area (Å²) in [5, 5.41) is 0. The maximum atomic E-state index is 12.0. The molecule has 0 amide bonds. The number of carbonyl (C=O) groups is 1. The van der Waals surface area contributed by atoms with Crippen LogP contribution in [0.25, 0.3) is 0 Å². The third-order valence-electron chi connectivity index (χ3n) is 4.04. The number of hydrogen-bond donors (Lipinski definition) is 0. The van der Waals surface area contributed by atoms with Crippen molar-refractivity contribution in [3.05, 3.63) is 0 Å². The summed E-state index contributed by atoms with van der Waals surface area (Å²) in [4.78, 5) is 12.0. The Labute approximate surface area is 78.6 Å². The van der Waals surface area contributed by atoms with E-state index in [1.165, 1.54) is 12.8 Å². The van der Waals surface area contributed by atoms with Gasteiger partial charge in [0, 0.05) is 11.8 Å². The van der Waals surface area contributed by atoms with Crippen molar-refractivity contribution < 1.29 is 9.53 Å². The van der Waals surface area contributed by atoms with E-state index in [4.69, 9.17) is 4.74 Å². The maximum Gasteiger partial charge on any atom is 0.139 e. The number of fused-ring (bicyclic) bond motifs is 1. The van der Waals surface area contributed by atoms with E-state index >= 15 is 0 Å². The van der Waals surface area contributed by atoms with Crippen LogP contribution in [0.15, 0.2) is 0 Å². The van der Waals surface area contributed by atoms with Crippen molar-refractivity contribution >= 4 is 5.78 Å². The lowest BCUT2D eigenvalue weighted by molar-refractivity contribution is -0.125. The Hall–Kier alpha value is -0.370. The van der Waals surface area contributed by atoms with Crippen molar-refractivity contribution in [2.45, 2.75) is 25.7 Å². The predicted molar refractivity (Wildman–Crippen MR) is 48.3 cm³/mol. The van der Waals surface area contributed by atoms with E-state index in [0.717, 1.165) is 26.1 Å². The quantitative estimate of drug-likeness (QED) is 0.645. The first-order valence-corrected chi connectivity index (χ1v) is 5.49. The Morgan fingerprint density at radius 1 is 1.08 bits per heavy atom. The van der Waals surface area contributed by atoms with Crippen molar-refractivity contribution in [1.29, 1.82) is 0 Å². The Kier molecular flexibility index (Phi) is 1.72. The molecule has 2 unspecified atom stereocenters. The summed E-state index contributed by atoms with van der Waals surface area (Å²) >= 11 is 0. The molecule has 0 spiro atoms. The summed E-state index contributed by atoms with van der Waals surface area (Å²) in [6.07, 6.45) is 4.87. The minimum absolute atomic E-state index is 0.414.